The van der Waals surface area contributed by atoms with E-state index < -0.39 is 5.60 Å². The fourth-order valence-corrected chi connectivity index (χ4v) is 1.83. The van der Waals surface area contributed by atoms with Crippen LogP contribution in [0.15, 0.2) is 0 Å². The molecule has 88 valence electrons. The number of ether oxygens (including phenoxy) is 1. The fourth-order valence-electron chi connectivity index (χ4n) is 1.83. The number of hydrogen-bond acceptors (Lipinski definition) is 3. The molecule has 0 aliphatic carbocycles. The minimum Gasteiger partial charge on any atom is -0.444 e. The topological polar surface area (TPSA) is 49.8 Å². The number of aliphatic hydroxyl groups excluding tert-OH is 1. The lowest BCUT2D eigenvalue weighted by Crippen LogP contribution is -2.42. The van der Waals surface area contributed by atoms with E-state index in [-0.39, 0.29) is 18.7 Å². The third-order valence-electron chi connectivity index (χ3n) is 2.70. The zero-order valence-electron chi connectivity index (χ0n) is 9.99. The lowest BCUT2D eigenvalue weighted by atomic mass is 10.0. The highest BCUT2D eigenvalue weighted by Gasteiger charge is 2.36. The molecule has 4 nitrogen and oxygen atoms in total. The van der Waals surface area contributed by atoms with E-state index in [1.807, 2.05) is 27.7 Å². The van der Waals surface area contributed by atoms with Gasteiger partial charge in [-0.1, -0.05) is 6.92 Å². The number of likely N-dealkylation sites (tertiary alicyclic amines) is 1. The van der Waals surface area contributed by atoms with E-state index in [0.29, 0.717) is 12.5 Å². The molecule has 0 saturated carbocycles. The van der Waals surface area contributed by atoms with Gasteiger partial charge in [0.15, 0.2) is 0 Å². The van der Waals surface area contributed by atoms with Crippen LogP contribution in [0.5, 0.6) is 0 Å². The standard InChI is InChI=1S/C11H21NO3/c1-8-5-6-12(9(8)7-13)10(14)15-11(2,3)4/h8-9,13H,5-7H2,1-4H3/t8-,9+/m1/s1. The van der Waals surface area contributed by atoms with Crippen LogP contribution in [0.2, 0.25) is 0 Å². The van der Waals surface area contributed by atoms with E-state index in [4.69, 9.17) is 4.74 Å². The number of amides is 1. The van der Waals surface area contributed by atoms with Gasteiger partial charge in [-0.3, -0.25) is 0 Å². The van der Waals surface area contributed by atoms with Crippen LogP contribution in [0.3, 0.4) is 0 Å². The Morgan fingerprint density at radius 3 is 2.60 bits per heavy atom. The fraction of sp³-hybridized carbons (Fsp3) is 0.909. The predicted octanol–water partition coefficient (Wildman–Crippen LogP) is 1.62. The van der Waals surface area contributed by atoms with E-state index in [1.54, 1.807) is 4.90 Å². The molecule has 1 rings (SSSR count). The molecule has 1 fully saturated rings. The molecule has 0 aromatic carbocycles. The Labute approximate surface area is 91.2 Å². The van der Waals surface area contributed by atoms with Gasteiger partial charge in [0.25, 0.3) is 0 Å². The summed E-state index contributed by atoms with van der Waals surface area (Å²) in [5, 5.41) is 9.20. The SMILES string of the molecule is C[C@@H]1CCN(C(=O)OC(C)(C)C)[C@H]1CO. The molecule has 1 amide bonds. The summed E-state index contributed by atoms with van der Waals surface area (Å²) in [4.78, 5) is 13.4. The van der Waals surface area contributed by atoms with Gasteiger partial charge in [0.1, 0.15) is 5.60 Å². The number of hydrogen-bond donors (Lipinski definition) is 1. The highest BCUT2D eigenvalue weighted by molar-refractivity contribution is 5.69. The van der Waals surface area contributed by atoms with Crippen molar-refractivity contribution in [3.05, 3.63) is 0 Å². The summed E-state index contributed by atoms with van der Waals surface area (Å²) >= 11 is 0. The summed E-state index contributed by atoms with van der Waals surface area (Å²) in [6, 6.07) is -0.0835. The Kier molecular flexibility index (Phi) is 3.60. The maximum Gasteiger partial charge on any atom is 0.410 e. The normalized spacial score (nSPS) is 26.9. The largest absolute Gasteiger partial charge is 0.444 e. The van der Waals surface area contributed by atoms with Crippen LogP contribution in [-0.4, -0.2) is 40.9 Å². The van der Waals surface area contributed by atoms with Gasteiger partial charge >= 0.3 is 6.09 Å². The molecule has 1 saturated heterocycles. The Morgan fingerprint density at radius 1 is 1.53 bits per heavy atom. The molecule has 1 N–H and O–H groups in total. The van der Waals surface area contributed by atoms with Gasteiger partial charge in [0.2, 0.25) is 0 Å². The molecule has 0 spiro atoms. The molecular weight excluding hydrogens is 194 g/mol. The van der Waals surface area contributed by atoms with Gasteiger partial charge in [-0.05, 0) is 33.1 Å². The average Bonchev–Trinajstić information content (AvgIpc) is 2.43. The third kappa shape index (κ3) is 3.09. The summed E-state index contributed by atoms with van der Waals surface area (Å²) in [6.45, 7) is 8.28. The monoisotopic (exact) mass is 215 g/mol. The first-order valence-electron chi connectivity index (χ1n) is 5.45. The van der Waals surface area contributed by atoms with Gasteiger partial charge in [0.05, 0.1) is 12.6 Å². The van der Waals surface area contributed by atoms with Crippen molar-refractivity contribution in [3.63, 3.8) is 0 Å². The molecule has 1 aliphatic heterocycles. The van der Waals surface area contributed by atoms with Crippen molar-refractivity contribution < 1.29 is 14.6 Å². The quantitative estimate of drug-likeness (QED) is 0.723. The summed E-state index contributed by atoms with van der Waals surface area (Å²) in [5.41, 5.74) is -0.469. The minimum atomic E-state index is -0.469. The maximum atomic E-state index is 11.8. The Bertz CT molecular complexity index is 234. The minimum absolute atomic E-state index is 0.0143. The molecule has 0 aromatic heterocycles. The van der Waals surface area contributed by atoms with E-state index in [2.05, 4.69) is 0 Å². The highest BCUT2D eigenvalue weighted by Crippen LogP contribution is 2.25. The zero-order chi connectivity index (χ0) is 11.6. The first-order chi connectivity index (χ1) is 6.85. The third-order valence-corrected chi connectivity index (χ3v) is 2.70. The number of nitrogens with zero attached hydrogens (tertiary/aromatic N) is 1. The van der Waals surface area contributed by atoms with Crippen molar-refractivity contribution in [1.29, 1.82) is 0 Å². The summed E-state index contributed by atoms with van der Waals surface area (Å²) in [7, 11) is 0. The van der Waals surface area contributed by atoms with Crippen molar-refractivity contribution in [2.75, 3.05) is 13.2 Å². The smallest absolute Gasteiger partial charge is 0.410 e. The number of carbonyl (C=O) groups excluding carboxylic acids is 1. The van der Waals surface area contributed by atoms with Gasteiger partial charge in [-0.2, -0.15) is 0 Å². The lowest BCUT2D eigenvalue weighted by molar-refractivity contribution is 0.0151. The maximum absolute atomic E-state index is 11.8. The number of carbonyl (C=O) groups is 1. The zero-order valence-corrected chi connectivity index (χ0v) is 9.99. The van der Waals surface area contributed by atoms with Gasteiger partial charge < -0.3 is 14.7 Å². The second-order valence-corrected chi connectivity index (χ2v) is 5.19. The van der Waals surface area contributed by atoms with Crippen LogP contribution in [0.25, 0.3) is 0 Å². The van der Waals surface area contributed by atoms with Gasteiger partial charge in [-0.25, -0.2) is 4.79 Å². The molecular formula is C11H21NO3. The number of aliphatic hydroxyl groups is 1. The Balaban J connectivity index is 2.60. The molecule has 4 heteroatoms. The van der Waals surface area contributed by atoms with Crippen LogP contribution in [0.4, 0.5) is 4.79 Å². The molecule has 0 unspecified atom stereocenters. The van der Waals surface area contributed by atoms with Crippen molar-refractivity contribution in [3.8, 4) is 0 Å². The molecule has 0 radical (unpaired) electrons. The molecule has 15 heavy (non-hydrogen) atoms. The lowest BCUT2D eigenvalue weighted by Gasteiger charge is -2.28. The van der Waals surface area contributed by atoms with E-state index >= 15 is 0 Å². The number of rotatable bonds is 1. The molecule has 1 aliphatic rings. The first-order valence-corrected chi connectivity index (χ1v) is 5.45. The van der Waals surface area contributed by atoms with Gasteiger partial charge in [0, 0.05) is 6.54 Å². The van der Waals surface area contributed by atoms with Crippen LogP contribution < -0.4 is 0 Å². The van der Waals surface area contributed by atoms with Crippen molar-refractivity contribution >= 4 is 6.09 Å². The summed E-state index contributed by atoms with van der Waals surface area (Å²) < 4.78 is 5.28. The molecule has 0 bridgehead atoms. The summed E-state index contributed by atoms with van der Waals surface area (Å²) in [6.07, 6.45) is 0.621. The van der Waals surface area contributed by atoms with E-state index in [1.165, 1.54) is 0 Å². The second-order valence-electron chi connectivity index (χ2n) is 5.19. The average molecular weight is 215 g/mol. The van der Waals surface area contributed by atoms with Crippen molar-refractivity contribution in [2.45, 2.75) is 45.8 Å². The Hall–Kier alpha value is -0.770. The van der Waals surface area contributed by atoms with Crippen LogP contribution >= 0.6 is 0 Å². The molecule has 0 aromatic rings. The second kappa shape index (κ2) is 4.39. The van der Waals surface area contributed by atoms with Crippen molar-refractivity contribution in [1.82, 2.24) is 4.90 Å². The van der Waals surface area contributed by atoms with Crippen LogP contribution in [0, 0.1) is 5.92 Å². The molecule has 1 heterocycles. The van der Waals surface area contributed by atoms with Crippen LogP contribution in [-0.2, 0) is 4.74 Å². The van der Waals surface area contributed by atoms with Gasteiger partial charge in [-0.15, -0.1) is 0 Å². The molecule has 2 atom stereocenters. The van der Waals surface area contributed by atoms with E-state index in [0.717, 1.165) is 6.42 Å². The van der Waals surface area contributed by atoms with Crippen molar-refractivity contribution in [2.24, 2.45) is 5.92 Å². The van der Waals surface area contributed by atoms with Crippen LogP contribution in [0.1, 0.15) is 34.1 Å². The van der Waals surface area contributed by atoms with E-state index in [9.17, 15) is 9.90 Å². The highest BCUT2D eigenvalue weighted by atomic mass is 16.6. The Morgan fingerprint density at radius 2 is 2.13 bits per heavy atom. The summed E-state index contributed by atoms with van der Waals surface area (Å²) in [5.74, 6) is 0.350. The first kappa shape index (κ1) is 12.3. The predicted molar refractivity (Wildman–Crippen MR) is 57.6 cm³/mol.